The number of hydrogen-bond acceptors (Lipinski definition) is 2. The van der Waals surface area contributed by atoms with Crippen molar-refractivity contribution >= 4 is 0 Å². The van der Waals surface area contributed by atoms with Gasteiger partial charge in [-0.3, -0.25) is 0 Å². The van der Waals surface area contributed by atoms with E-state index in [0.29, 0.717) is 0 Å². The minimum atomic E-state index is 0. The van der Waals surface area contributed by atoms with Gasteiger partial charge in [-0.15, -0.1) is 0 Å². The van der Waals surface area contributed by atoms with E-state index < -0.39 is 0 Å². The molecule has 0 heterocycles. The molecule has 0 amide bonds. The zero-order valence-corrected chi connectivity index (χ0v) is 13.0. The Kier molecular flexibility index (Phi) is 51.7. The molecule has 0 saturated carbocycles. The van der Waals surface area contributed by atoms with Crippen molar-refractivity contribution in [3.05, 3.63) is 13.8 Å². The predicted molar refractivity (Wildman–Crippen MR) is 53.5 cm³/mol. The van der Waals surface area contributed by atoms with Crippen LogP contribution in [0.1, 0.15) is 40.5 Å². The van der Waals surface area contributed by atoms with Gasteiger partial charge in [0, 0.05) is 0 Å². The van der Waals surface area contributed by atoms with Crippen molar-refractivity contribution in [2.24, 2.45) is 11.8 Å². The SMILES string of the molecule is [CH2-]CC(C)C.[CH2-]CC(C)C.[Hf+4].[OH-].[OH-]. The number of rotatable bonds is 2. The van der Waals surface area contributed by atoms with Crippen molar-refractivity contribution in [1.29, 1.82) is 0 Å². The summed E-state index contributed by atoms with van der Waals surface area (Å²) < 4.78 is 0. The third kappa shape index (κ3) is 64.9. The molecule has 2 N–H and O–H groups in total. The van der Waals surface area contributed by atoms with Crippen LogP contribution in [0, 0.1) is 25.7 Å². The van der Waals surface area contributed by atoms with Gasteiger partial charge in [-0.05, 0) is 0 Å². The van der Waals surface area contributed by atoms with E-state index in [9.17, 15) is 0 Å². The molecule has 0 aromatic heterocycles. The van der Waals surface area contributed by atoms with E-state index in [2.05, 4.69) is 41.5 Å². The van der Waals surface area contributed by atoms with Gasteiger partial charge < -0.3 is 24.8 Å². The van der Waals surface area contributed by atoms with Gasteiger partial charge in [-0.1, -0.05) is 39.5 Å². The molecule has 2 nitrogen and oxygen atoms in total. The molecule has 0 bridgehead atoms. The first-order valence-corrected chi connectivity index (χ1v) is 4.13. The van der Waals surface area contributed by atoms with Crippen molar-refractivity contribution in [2.45, 2.75) is 40.5 Å². The first kappa shape index (κ1) is 29.2. The maximum Gasteiger partial charge on any atom is 4.00 e. The van der Waals surface area contributed by atoms with Gasteiger partial charge in [0.1, 0.15) is 0 Å². The van der Waals surface area contributed by atoms with Crippen LogP contribution < -0.4 is 0 Å². The first-order valence-electron chi connectivity index (χ1n) is 4.13. The van der Waals surface area contributed by atoms with Crippen molar-refractivity contribution in [3.8, 4) is 0 Å². The molecule has 0 radical (unpaired) electrons. The van der Waals surface area contributed by atoms with Gasteiger partial charge in [0.15, 0.2) is 0 Å². The average molecular weight is 355 g/mol. The maximum atomic E-state index is 3.69. The summed E-state index contributed by atoms with van der Waals surface area (Å²) in [5.74, 6) is 1.55. The molecule has 3 heteroatoms. The number of hydrogen-bond donors (Lipinski definition) is 0. The third-order valence-corrected chi connectivity index (χ3v) is 1.15. The smallest absolute Gasteiger partial charge is 0.870 e. The zero-order valence-electron chi connectivity index (χ0n) is 9.38. The molecule has 0 aliphatic rings. The fourth-order valence-electron chi connectivity index (χ4n) is 0. The molecule has 0 aromatic rings. The first-order chi connectivity index (χ1) is 4.54. The van der Waals surface area contributed by atoms with E-state index in [-0.39, 0.29) is 36.8 Å². The van der Waals surface area contributed by atoms with Gasteiger partial charge in [-0.2, -0.15) is 12.8 Å². The standard InChI is InChI=1S/2C5H11.Hf.2H2O/c2*1-4-5(2)3;;;/h2*5H,1,4H2,2-3H3;;2*1H2/q2*-1;+4;;/p-2. The second kappa shape index (κ2) is 23.0. The normalized spacial score (nSPS) is 7.38. The van der Waals surface area contributed by atoms with E-state index >= 15 is 0 Å². The van der Waals surface area contributed by atoms with E-state index in [1.165, 1.54) is 0 Å². The Balaban J connectivity index is -0.0000000267. The largest absolute Gasteiger partial charge is 4.00 e. The van der Waals surface area contributed by atoms with Crippen LogP contribution in [0.4, 0.5) is 0 Å². The Morgan fingerprint density at radius 2 is 0.846 bits per heavy atom. The van der Waals surface area contributed by atoms with Crippen LogP contribution in [0.25, 0.3) is 0 Å². The fourth-order valence-corrected chi connectivity index (χ4v) is 0. The molecule has 0 aliphatic carbocycles. The van der Waals surface area contributed by atoms with Gasteiger partial charge in [0.2, 0.25) is 0 Å². The van der Waals surface area contributed by atoms with Crippen LogP contribution in [-0.4, -0.2) is 11.0 Å². The van der Waals surface area contributed by atoms with Crippen molar-refractivity contribution in [1.82, 2.24) is 0 Å². The molecule has 0 aromatic carbocycles. The second-order valence-corrected chi connectivity index (χ2v) is 3.37. The molecule has 13 heavy (non-hydrogen) atoms. The van der Waals surface area contributed by atoms with Crippen LogP contribution in [0.2, 0.25) is 0 Å². The molecule has 80 valence electrons. The average Bonchev–Trinajstić information content (AvgIpc) is 1.89. The molecule has 0 aliphatic heterocycles. The van der Waals surface area contributed by atoms with Crippen LogP contribution >= 0.6 is 0 Å². The molecule has 0 fully saturated rings. The summed E-state index contributed by atoms with van der Waals surface area (Å²) in [5.41, 5.74) is 0. The summed E-state index contributed by atoms with van der Waals surface area (Å²) in [7, 11) is 0. The molecule has 0 rings (SSSR count). The fraction of sp³-hybridized carbons (Fsp3) is 0.800. The van der Waals surface area contributed by atoms with Gasteiger partial charge >= 0.3 is 25.8 Å². The van der Waals surface area contributed by atoms with Crippen LogP contribution in [0.5, 0.6) is 0 Å². The second-order valence-electron chi connectivity index (χ2n) is 3.37. The minimum absolute atomic E-state index is 0. The summed E-state index contributed by atoms with van der Waals surface area (Å²) in [4.78, 5) is 0. The predicted octanol–water partition coefficient (Wildman–Crippen LogP) is 3.38. The van der Waals surface area contributed by atoms with E-state index in [4.69, 9.17) is 0 Å². The zero-order chi connectivity index (χ0) is 8.57. The Morgan fingerprint density at radius 1 is 0.769 bits per heavy atom. The summed E-state index contributed by atoms with van der Waals surface area (Å²) in [6.07, 6.45) is 2.11. The molecular formula is C10H24HfO2. The third-order valence-electron chi connectivity index (χ3n) is 1.15. The van der Waals surface area contributed by atoms with Gasteiger partial charge in [0.25, 0.3) is 0 Å². The summed E-state index contributed by atoms with van der Waals surface area (Å²) in [6.45, 7) is 16.0. The van der Waals surface area contributed by atoms with Crippen LogP contribution in [0.3, 0.4) is 0 Å². The Morgan fingerprint density at radius 3 is 0.846 bits per heavy atom. The van der Waals surface area contributed by atoms with Crippen molar-refractivity contribution in [3.63, 3.8) is 0 Å². The van der Waals surface area contributed by atoms with Gasteiger partial charge in [-0.25, -0.2) is 0 Å². The summed E-state index contributed by atoms with van der Waals surface area (Å²) >= 11 is 0. The molecule has 0 saturated heterocycles. The Bertz CT molecular complexity index is 48.9. The minimum Gasteiger partial charge on any atom is -0.870 e. The van der Waals surface area contributed by atoms with E-state index in [0.717, 1.165) is 24.7 Å². The van der Waals surface area contributed by atoms with Crippen LogP contribution in [0.15, 0.2) is 0 Å². The topological polar surface area (TPSA) is 60.0 Å². The molecule has 0 spiro atoms. The molecule has 0 unspecified atom stereocenters. The van der Waals surface area contributed by atoms with Crippen LogP contribution in [-0.2, 0) is 25.8 Å². The van der Waals surface area contributed by atoms with E-state index in [1.54, 1.807) is 0 Å². The van der Waals surface area contributed by atoms with E-state index in [1.807, 2.05) is 0 Å². The van der Waals surface area contributed by atoms with Gasteiger partial charge in [0.05, 0.1) is 0 Å². The monoisotopic (exact) mass is 356 g/mol. The maximum absolute atomic E-state index is 3.69. The quantitative estimate of drug-likeness (QED) is 0.564. The molecular weight excluding hydrogens is 331 g/mol. The summed E-state index contributed by atoms with van der Waals surface area (Å²) in [5, 5.41) is 0. The van der Waals surface area contributed by atoms with Crippen molar-refractivity contribution < 1.29 is 36.8 Å². The summed E-state index contributed by atoms with van der Waals surface area (Å²) in [6, 6.07) is 0. The van der Waals surface area contributed by atoms with Crippen molar-refractivity contribution in [2.75, 3.05) is 0 Å². The Hall–Kier alpha value is 0.790. The Labute approximate surface area is 103 Å². The molecule has 0 atom stereocenters.